The Morgan fingerprint density at radius 1 is 1.09 bits per heavy atom. The summed E-state index contributed by atoms with van der Waals surface area (Å²) in [5.74, 6) is 0.201. The number of rotatable bonds is 3. The number of anilines is 1. The first-order valence-electron chi connectivity index (χ1n) is 11.2. The van der Waals surface area contributed by atoms with Gasteiger partial charge in [0.15, 0.2) is 4.90 Å². The predicted molar refractivity (Wildman–Crippen MR) is 117 cm³/mol. The van der Waals surface area contributed by atoms with Crippen LogP contribution in [0, 0.1) is 5.41 Å². The molecule has 0 saturated carbocycles. The highest BCUT2D eigenvalue weighted by Crippen LogP contribution is 2.40. The fourth-order valence-electron chi connectivity index (χ4n) is 5.96. The largest absolute Gasteiger partial charge is 0.476 e. The van der Waals surface area contributed by atoms with E-state index in [1.165, 1.54) is 17.3 Å². The average molecular weight is 458 g/mol. The molecular weight excluding hydrogens is 430 g/mol. The Kier molecular flexibility index (Phi) is 4.36. The molecular formula is C22H27N5O4S. The van der Waals surface area contributed by atoms with E-state index in [2.05, 4.69) is 26.1 Å². The highest BCUT2D eigenvalue weighted by atomic mass is 32.2. The molecule has 4 aliphatic rings. The van der Waals surface area contributed by atoms with Gasteiger partial charge in [0.2, 0.25) is 5.88 Å². The molecule has 2 N–H and O–H groups in total. The highest BCUT2D eigenvalue weighted by molar-refractivity contribution is 7.90. The number of fused-ring (bicyclic) bond motifs is 3. The molecule has 3 heterocycles. The lowest BCUT2D eigenvalue weighted by Gasteiger charge is -2.49. The van der Waals surface area contributed by atoms with Crippen molar-refractivity contribution < 1.29 is 17.9 Å². The third kappa shape index (κ3) is 3.11. The molecule has 1 aromatic heterocycles. The minimum absolute atomic E-state index is 0.0202. The number of aryl methyl sites for hydroxylation is 2. The first kappa shape index (κ1) is 20.0. The summed E-state index contributed by atoms with van der Waals surface area (Å²) in [4.78, 5) is 14.9. The Labute approximate surface area is 187 Å². The number of amides is 2. The summed E-state index contributed by atoms with van der Waals surface area (Å²) in [5, 5.41) is 7.11. The van der Waals surface area contributed by atoms with Gasteiger partial charge in [-0.15, -0.1) is 0 Å². The molecule has 9 nitrogen and oxygen atoms in total. The van der Waals surface area contributed by atoms with Crippen LogP contribution in [0.15, 0.2) is 17.2 Å². The number of sulfonamides is 1. The van der Waals surface area contributed by atoms with Gasteiger partial charge in [-0.3, -0.25) is 0 Å². The molecule has 1 spiro atoms. The van der Waals surface area contributed by atoms with Crippen LogP contribution in [0.3, 0.4) is 0 Å². The Morgan fingerprint density at radius 2 is 1.78 bits per heavy atom. The van der Waals surface area contributed by atoms with E-state index in [4.69, 9.17) is 4.74 Å². The van der Waals surface area contributed by atoms with Crippen molar-refractivity contribution in [2.45, 2.75) is 50.0 Å². The molecule has 170 valence electrons. The standard InChI is InChI=1S/C22H27N5O4S/c1-26-10-22(11-26)12-27-20(31-13-22)18(9-23-27)32(29,30)25-21(28)24-19-16-6-2-4-14(16)8-15-5-3-7-17(15)19/h8-9H,2-7,10-13H2,1H3,(H2,24,25,28). The Balaban J connectivity index is 1.22. The molecule has 0 bridgehead atoms. The minimum atomic E-state index is -4.12. The van der Waals surface area contributed by atoms with E-state index in [-0.39, 0.29) is 16.2 Å². The van der Waals surface area contributed by atoms with E-state index >= 15 is 0 Å². The predicted octanol–water partition coefficient (Wildman–Crippen LogP) is 1.70. The number of ether oxygens (including phenoxy) is 1. The average Bonchev–Trinajstić information content (AvgIpc) is 3.45. The number of nitrogens with one attached hydrogen (secondary N) is 2. The molecule has 2 amide bonds. The zero-order valence-corrected chi connectivity index (χ0v) is 18.9. The summed E-state index contributed by atoms with van der Waals surface area (Å²) in [6, 6.07) is 1.53. The number of carbonyl (C=O) groups excluding carboxylic acids is 1. The Bertz CT molecular complexity index is 1200. The third-order valence-corrected chi connectivity index (χ3v) is 8.51. The first-order chi connectivity index (χ1) is 15.3. The van der Waals surface area contributed by atoms with Crippen molar-refractivity contribution >= 4 is 21.7 Å². The number of benzene rings is 1. The van der Waals surface area contributed by atoms with E-state index in [0.29, 0.717) is 13.2 Å². The number of hydrogen-bond acceptors (Lipinski definition) is 6. The maximum absolute atomic E-state index is 13.0. The van der Waals surface area contributed by atoms with E-state index < -0.39 is 16.1 Å². The van der Waals surface area contributed by atoms with Crippen LogP contribution < -0.4 is 14.8 Å². The zero-order chi connectivity index (χ0) is 22.1. The van der Waals surface area contributed by atoms with Crippen LogP contribution in [0.5, 0.6) is 5.88 Å². The van der Waals surface area contributed by atoms with Crippen LogP contribution >= 0.6 is 0 Å². The van der Waals surface area contributed by atoms with Gasteiger partial charge in [-0.25, -0.2) is 22.6 Å². The lowest BCUT2D eigenvalue weighted by molar-refractivity contribution is -0.0558. The minimum Gasteiger partial charge on any atom is -0.476 e. The first-order valence-corrected chi connectivity index (χ1v) is 12.7. The number of urea groups is 1. The second-order valence-electron chi connectivity index (χ2n) is 9.73. The smallest absolute Gasteiger partial charge is 0.333 e. The van der Waals surface area contributed by atoms with Crippen molar-refractivity contribution in [2.75, 3.05) is 32.1 Å². The second kappa shape index (κ2) is 6.95. The summed E-state index contributed by atoms with van der Waals surface area (Å²) in [7, 11) is -2.08. The molecule has 10 heteroatoms. The lowest BCUT2D eigenvalue weighted by Crippen LogP contribution is -2.60. The van der Waals surface area contributed by atoms with Crippen molar-refractivity contribution in [1.29, 1.82) is 0 Å². The normalized spacial score (nSPS) is 20.8. The summed E-state index contributed by atoms with van der Waals surface area (Å²) >= 11 is 0. The number of carbonyl (C=O) groups is 1. The van der Waals surface area contributed by atoms with Gasteiger partial charge >= 0.3 is 6.03 Å². The highest BCUT2D eigenvalue weighted by Gasteiger charge is 2.46. The van der Waals surface area contributed by atoms with Gasteiger partial charge in [-0.1, -0.05) is 6.07 Å². The van der Waals surface area contributed by atoms with Gasteiger partial charge in [0.1, 0.15) is 0 Å². The molecule has 0 unspecified atom stereocenters. The molecule has 1 fully saturated rings. The Morgan fingerprint density at radius 3 is 2.44 bits per heavy atom. The van der Waals surface area contributed by atoms with Gasteiger partial charge in [-0.05, 0) is 67.8 Å². The number of aromatic nitrogens is 2. The Hall–Kier alpha value is -2.59. The fraction of sp³-hybridized carbons (Fsp3) is 0.545. The van der Waals surface area contributed by atoms with Gasteiger partial charge < -0.3 is 15.0 Å². The lowest BCUT2D eigenvalue weighted by atomic mass is 9.80. The van der Waals surface area contributed by atoms with Gasteiger partial charge in [0, 0.05) is 24.2 Å². The van der Waals surface area contributed by atoms with Crippen molar-refractivity contribution in [3.63, 3.8) is 0 Å². The van der Waals surface area contributed by atoms with Crippen molar-refractivity contribution in [3.8, 4) is 5.88 Å². The molecule has 0 radical (unpaired) electrons. The van der Waals surface area contributed by atoms with Crippen molar-refractivity contribution in [3.05, 3.63) is 34.5 Å². The van der Waals surface area contributed by atoms with Crippen LogP contribution in [-0.2, 0) is 42.3 Å². The molecule has 2 aromatic rings. The monoisotopic (exact) mass is 457 g/mol. The summed E-state index contributed by atoms with van der Waals surface area (Å²) in [6.45, 7) is 2.83. The van der Waals surface area contributed by atoms with E-state index in [1.807, 2.05) is 7.05 Å². The quantitative estimate of drug-likeness (QED) is 0.727. The molecule has 1 aromatic carbocycles. The zero-order valence-electron chi connectivity index (χ0n) is 18.1. The summed E-state index contributed by atoms with van der Waals surface area (Å²) in [6.07, 6.45) is 7.22. The van der Waals surface area contributed by atoms with Gasteiger partial charge in [-0.2, -0.15) is 5.10 Å². The number of likely N-dealkylation sites (tertiary alicyclic amines) is 1. The maximum Gasteiger partial charge on any atom is 0.333 e. The molecule has 32 heavy (non-hydrogen) atoms. The summed E-state index contributed by atoms with van der Waals surface area (Å²) < 4.78 is 35.6. The van der Waals surface area contributed by atoms with Crippen molar-refractivity contribution in [1.82, 2.24) is 19.4 Å². The molecule has 1 saturated heterocycles. The van der Waals surface area contributed by atoms with E-state index in [9.17, 15) is 13.2 Å². The topological polar surface area (TPSA) is 106 Å². The maximum atomic E-state index is 13.0. The second-order valence-corrected chi connectivity index (χ2v) is 11.4. The van der Waals surface area contributed by atoms with Crippen LogP contribution in [0.25, 0.3) is 0 Å². The molecule has 2 aliphatic heterocycles. The SMILES string of the molecule is CN1CC2(COc3c(S(=O)(=O)NC(=O)Nc4c5c(cc6c4CCC6)CCC5)cnn3C2)C1. The third-order valence-electron chi connectivity index (χ3n) is 7.20. The molecule has 6 rings (SSSR count). The molecule has 0 atom stereocenters. The summed E-state index contributed by atoms with van der Waals surface area (Å²) in [5.41, 5.74) is 5.65. The number of nitrogens with zero attached hydrogens (tertiary/aromatic N) is 3. The van der Waals surface area contributed by atoms with E-state index in [0.717, 1.165) is 68.4 Å². The van der Waals surface area contributed by atoms with Crippen LogP contribution in [-0.4, -0.2) is 55.9 Å². The van der Waals surface area contributed by atoms with Crippen LogP contribution in [0.4, 0.5) is 10.5 Å². The fourth-order valence-corrected chi connectivity index (χ4v) is 6.94. The van der Waals surface area contributed by atoms with Crippen LogP contribution in [0.2, 0.25) is 0 Å². The number of hydrogen-bond donors (Lipinski definition) is 2. The molecule has 2 aliphatic carbocycles. The van der Waals surface area contributed by atoms with E-state index in [1.54, 1.807) is 4.68 Å². The van der Waals surface area contributed by atoms with Gasteiger partial charge in [0.05, 0.1) is 19.3 Å². The van der Waals surface area contributed by atoms with Crippen molar-refractivity contribution in [2.24, 2.45) is 5.41 Å². The van der Waals surface area contributed by atoms with Crippen LogP contribution in [0.1, 0.15) is 35.1 Å². The van der Waals surface area contributed by atoms with Gasteiger partial charge in [0.25, 0.3) is 10.0 Å².